The van der Waals surface area contributed by atoms with Crippen LogP contribution in [0, 0.1) is 13.8 Å². The van der Waals surface area contributed by atoms with Gasteiger partial charge in [0, 0.05) is 16.1 Å². The first-order valence-corrected chi connectivity index (χ1v) is 7.45. The molecule has 0 aliphatic rings. The Bertz CT molecular complexity index is 608. The smallest absolute Gasteiger partial charge is 0.0454 e. The van der Waals surface area contributed by atoms with Crippen LogP contribution in [0.25, 0.3) is 0 Å². The summed E-state index contributed by atoms with van der Waals surface area (Å²) in [5, 5.41) is 4.80. The van der Waals surface area contributed by atoms with Crippen molar-refractivity contribution in [2.24, 2.45) is 0 Å². The molecule has 2 rings (SSSR count). The van der Waals surface area contributed by atoms with E-state index in [1.54, 1.807) is 0 Å². The normalized spacial score (nSPS) is 12.4. The Morgan fingerprint density at radius 1 is 1.05 bits per heavy atom. The van der Waals surface area contributed by atoms with E-state index in [1.807, 2.05) is 25.2 Å². The van der Waals surface area contributed by atoms with Crippen LogP contribution in [-0.4, -0.2) is 7.05 Å². The molecule has 0 bridgehead atoms. The lowest BCUT2D eigenvalue weighted by Crippen LogP contribution is -2.19. The third-order valence-corrected chi connectivity index (χ3v) is 4.19. The number of rotatable bonds is 4. The molecule has 1 nitrogen and oxygen atoms in total. The molecular formula is C17H19Cl2N. The minimum Gasteiger partial charge on any atom is -0.313 e. The van der Waals surface area contributed by atoms with Gasteiger partial charge < -0.3 is 5.32 Å². The van der Waals surface area contributed by atoms with Crippen LogP contribution in [0.2, 0.25) is 10.0 Å². The van der Waals surface area contributed by atoms with Crippen molar-refractivity contribution in [1.29, 1.82) is 0 Å². The molecule has 0 saturated carbocycles. The van der Waals surface area contributed by atoms with E-state index in [0.717, 1.165) is 17.0 Å². The fraction of sp³-hybridized carbons (Fsp3) is 0.294. The molecule has 20 heavy (non-hydrogen) atoms. The van der Waals surface area contributed by atoms with E-state index in [0.29, 0.717) is 5.02 Å². The van der Waals surface area contributed by atoms with Crippen molar-refractivity contribution < 1.29 is 0 Å². The van der Waals surface area contributed by atoms with Gasteiger partial charge in [0.15, 0.2) is 0 Å². The van der Waals surface area contributed by atoms with Crippen LogP contribution >= 0.6 is 23.2 Å². The third kappa shape index (κ3) is 3.54. The van der Waals surface area contributed by atoms with Gasteiger partial charge in [0.05, 0.1) is 0 Å². The van der Waals surface area contributed by atoms with Crippen molar-refractivity contribution in [2.75, 3.05) is 7.05 Å². The van der Waals surface area contributed by atoms with Crippen LogP contribution in [0.3, 0.4) is 0 Å². The van der Waals surface area contributed by atoms with E-state index in [1.165, 1.54) is 16.7 Å². The summed E-state index contributed by atoms with van der Waals surface area (Å²) in [5.74, 6) is 0. The second kappa shape index (κ2) is 6.62. The maximum absolute atomic E-state index is 6.31. The largest absolute Gasteiger partial charge is 0.313 e. The Balaban J connectivity index is 2.33. The van der Waals surface area contributed by atoms with E-state index in [9.17, 15) is 0 Å². The minimum atomic E-state index is 0.154. The minimum absolute atomic E-state index is 0.154. The van der Waals surface area contributed by atoms with Gasteiger partial charge in [0.25, 0.3) is 0 Å². The molecule has 0 radical (unpaired) electrons. The van der Waals surface area contributed by atoms with E-state index < -0.39 is 0 Å². The van der Waals surface area contributed by atoms with Crippen molar-refractivity contribution in [1.82, 2.24) is 5.32 Å². The first-order valence-electron chi connectivity index (χ1n) is 6.69. The van der Waals surface area contributed by atoms with E-state index in [4.69, 9.17) is 23.2 Å². The van der Waals surface area contributed by atoms with Gasteiger partial charge in [-0.2, -0.15) is 0 Å². The molecule has 1 N–H and O–H groups in total. The highest BCUT2D eigenvalue weighted by molar-refractivity contribution is 6.33. The Hall–Kier alpha value is -1.02. The number of halogens is 2. The lowest BCUT2D eigenvalue weighted by molar-refractivity contribution is 0.590. The molecule has 0 aromatic heterocycles. The average Bonchev–Trinajstić information content (AvgIpc) is 2.42. The van der Waals surface area contributed by atoms with E-state index in [-0.39, 0.29) is 6.04 Å². The number of hydrogen-bond acceptors (Lipinski definition) is 1. The van der Waals surface area contributed by atoms with Gasteiger partial charge in [-0.3, -0.25) is 0 Å². The molecule has 0 saturated heterocycles. The Kier molecular flexibility index (Phi) is 5.09. The maximum atomic E-state index is 6.31. The Morgan fingerprint density at radius 2 is 1.80 bits per heavy atom. The highest BCUT2D eigenvalue weighted by Gasteiger charge is 2.15. The first-order chi connectivity index (χ1) is 9.51. The molecule has 0 heterocycles. The standard InChI is InChI=1S/C17H19Cl2N/c1-11-4-5-12(2)13(8-11)9-17(20-3)15-10-14(18)6-7-16(15)19/h4-8,10,17,20H,9H2,1-3H3. The van der Waals surface area contributed by atoms with Gasteiger partial charge in [-0.15, -0.1) is 0 Å². The van der Waals surface area contributed by atoms with Crippen LogP contribution in [0.4, 0.5) is 0 Å². The summed E-state index contributed by atoms with van der Waals surface area (Å²) in [6, 6.07) is 12.3. The van der Waals surface area contributed by atoms with Gasteiger partial charge >= 0.3 is 0 Å². The van der Waals surface area contributed by atoms with Crippen molar-refractivity contribution in [3.05, 3.63) is 68.7 Å². The van der Waals surface area contributed by atoms with E-state index >= 15 is 0 Å². The zero-order chi connectivity index (χ0) is 14.7. The van der Waals surface area contributed by atoms with Crippen molar-refractivity contribution in [3.63, 3.8) is 0 Å². The first kappa shape index (κ1) is 15.4. The highest BCUT2D eigenvalue weighted by atomic mass is 35.5. The number of aryl methyl sites for hydroxylation is 2. The van der Waals surface area contributed by atoms with Gasteiger partial charge in [-0.1, -0.05) is 47.0 Å². The summed E-state index contributed by atoms with van der Waals surface area (Å²) in [7, 11) is 1.95. The fourth-order valence-electron chi connectivity index (χ4n) is 2.39. The monoisotopic (exact) mass is 307 g/mol. The molecule has 106 valence electrons. The predicted octanol–water partition coefficient (Wildman–Crippen LogP) is 5.11. The SMILES string of the molecule is CNC(Cc1cc(C)ccc1C)c1cc(Cl)ccc1Cl. The summed E-state index contributed by atoms with van der Waals surface area (Å²) in [6.07, 6.45) is 0.893. The molecule has 0 aliphatic heterocycles. The van der Waals surface area contributed by atoms with E-state index in [2.05, 4.69) is 37.4 Å². The van der Waals surface area contributed by atoms with Crippen molar-refractivity contribution >= 4 is 23.2 Å². The van der Waals surface area contributed by atoms with Crippen molar-refractivity contribution in [3.8, 4) is 0 Å². The third-order valence-electron chi connectivity index (χ3n) is 3.61. The second-order valence-corrected chi connectivity index (χ2v) is 5.98. The van der Waals surface area contributed by atoms with Gasteiger partial charge in [0.1, 0.15) is 0 Å². The Morgan fingerprint density at radius 3 is 2.50 bits per heavy atom. The molecule has 2 aromatic carbocycles. The highest BCUT2D eigenvalue weighted by Crippen LogP contribution is 2.29. The zero-order valence-corrected chi connectivity index (χ0v) is 13.5. The Labute approximate surface area is 130 Å². The molecule has 1 atom stereocenters. The molecule has 3 heteroatoms. The molecular weight excluding hydrogens is 289 g/mol. The molecule has 0 spiro atoms. The lowest BCUT2D eigenvalue weighted by atomic mass is 9.95. The van der Waals surface area contributed by atoms with Gasteiger partial charge in [-0.05, 0) is 62.2 Å². The number of benzene rings is 2. The summed E-state index contributed by atoms with van der Waals surface area (Å²) in [6.45, 7) is 4.25. The zero-order valence-electron chi connectivity index (χ0n) is 12.0. The van der Waals surface area contributed by atoms with Gasteiger partial charge in [-0.25, -0.2) is 0 Å². The average molecular weight is 308 g/mol. The van der Waals surface area contributed by atoms with Crippen LogP contribution in [0.15, 0.2) is 36.4 Å². The fourth-order valence-corrected chi connectivity index (χ4v) is 2.82. The lowest BCUT2D eigenvalue weighted by Gasteiger charge is -2.20. The predicted molar refractivity (Wildman–Crippen MR) is 87.9 cm³/mol. The number of hydrogen-bond donors (Lipinski definition) is 1. The van der Waals surface area contributed by atoms with Crippen molar-refractivity contribution in [2.45, 2.75) is 26.3 Å². The van der Waals surface area contributed by atoms with Crippen LogP contribution in [-0.2, 0) is 6.42 Å². The summed E-state index contributed by atoms with van der Waals surface area (Å²) >= 11 is 12.4. The number of nitrogens with one attached hydrogen (secondary N) is 1. The molecule has 1 unspecified atom stereocenters. The molecule has 2 aromatic rings. The topological polar surface area (TPSA) is 12.0 Å². The molecule has 0 fully saturated rings. The quantitative estimate of drug-likeness (QED) is 0.827. The summed E-state index contributed by atoms with van der Waals surface area (Å²) in [4.78, 5) is 0. The maximum Gasteiger partial charge on any atom is 0.0454 e. The summed E-state index contributed by atoms with van der Waals surface area (Å²) in [5.41, 5.74) is 4.95. The molecule has 0 aliphatic carbocycles. The number of likely N-dealkylation sites (N-methyl/N-ethyl adjacent to an activating group) is 1. The van der Waals surface area contributed by atoms with Gasteiger partial charge in [0.2, 0.25) is 0 Å². The second-order valence-electron chi connectivity index (χ2n) is 5.14. The van der Waals surface area contributed by atoms with Crippen LogP contribution < -0.4 is 5.32 Å². The van der Waals surface area contributed by atoms with Crippen LogP contribution in [0.5, 0.6) is 0 Å². The van der Waals surface area contributed by atoms with Crippen LogP contribution in [0.1, 0.15) is 28.3 Å². The molecule has 0 amide bonds. The summed E-state index contributed by atoms with van der Waals surface area (Å²) < 4.78 is 0.